The van der Waals surface area contributed by atoms with Crippen molar-refractivity contribution in [3.8, 4) is 0 Å². The van der Waals surface area contributed by atoms with Crippen LogP contribution in [0.5, 0.6) is 0 Å². The molecule has 0 saturated carbocycles. The molecule has 2 rings (SSSR count). The molecule has 1 aromatic carbocycles. The van der Waals surface area contributed by atoms with Gasteiger partial charge in [0.2, 0.25) is 0 Å². The number of hydrogen-bond donors (Lipinski definition) is 1. The van der Waals surface area contributed by atoms with Gasteiger partial charge in [0.05, 0.1) is 0 Å². The van der Waals surface area contributed by atoms with E-state index in [2.05, 4.69) is 9.68 Å². The van der Waals surface area contributed by atoms with Crippen molar-refractivity contribution >= 4 is 5.97 Å². The molecule has 82 valence electrons. The van der Waals surface area contributed by atoms with E-state index < -0.39 is 5.97 Å². The van der Waals surface area contributed by atoms with Crippen LogP contribution >= 0.6 is 0 Å². The number of aromatic carboxylic acids is 1. The molecule has 0 fully saturated rings. The topological polar surface area (TPSA) is 63.3 Å². The van der Waals surface area contributed by atoms with E-state index in [-0.39, 0.29) is 23.5 Å². The zero-order chi connectivity index (χ0) is 11.5. The van der Waals surface area contributed by atoms with E-state index in [9.17, 15) is 9.18 Å². The van der Waals surface area contributed by atoms with Crippen LogP contribution in [-0.4, -0.2) is 16.2 Å². The summed E-state index contributed by atoms with van der Waals surface area (Å²) in [6.07, 6.45) is 1.14. The van der Waals surface area contributed by atoms with Gasteiger partial charge >= 0.3 is 5.97 Å². The highest BCUT2D eigenvalue weighted by molar-refractivity contribution is 5.88. The SMILES string of the molecule is O=C(O)c1conc1Cc1ccccc1F. The van der Waals surface area contributed by atoms with Crippen LogP contribution < -0.4 is 0 Å². The van der Waals surface area contributed by atoms with Crippen molar-refractivity contribution in [3.05, 3.63) is 53.2 Å². The number of aromatic nitrogens is 1. The quantitative estimate of drug-likeness (QED) is 0.862. The van der Waals surface area contributed by atoms with Crippen LogP contribution in [0.15, 0.2) is 35.1 Å². The van der Waals surface area contributed by atoms with Crippen molar-refractivity contribution in [2.45, 2.75) is 6.42 Å². The Morgan fingerprint density at radius 1 is 1.44 bits per heavy atom. The number of hydrogen-bond acceptors (Lipinski definition) is 3. The molecule has 0 aliphatic heterocycles. The molecule has 1 N–H and O–H groups in total. The molecular weight excluding hydrogens is 213 g/mol. The third kappa shape index (κ3) is 1.93. The van der Waals surface area contributed by atoms with E-state index in [1.54, 1.807) is 18.2 Å². The van der Waals surface area contributed by atoms with Gasteiger partial charge in [0.15, 0.2) is 0 Å². The molecule has 2 aromatic rings. The third-order valence-electron chi connectivity index (χ3n) is 2.19. The lowest BCUT2D eigenvalue weighted by molar-refractivity contribution is 0.0695. The van der Waals surface area contributed by atoms with Crippen molar-refractivity contribution in [1.29, 1.82) is 0 Å². The van der Waals surface area contributed by atoms with Crippen LogP contribution in [0.1, 0.15) is 21.6 Å². The Morgan fingerprint density at radius 2 is 2.19 bits per heavy atom. The lowest BCUT2D eigenvalue weighted by Gasteiger charge is -2.00. The lowest BCUT2D eigenvalue weighted by Crippen LogP contribution is -2.01. The number of benzene rings is 1. The number of rotatable bonds is 3. The van der Waals surface area contributed by atoms with Crippen molar-refractivity contribution in [2.75, 3.05) is 0 Å². The molecule has 0 saturated heterocycles. The second-order valence-corrected chi connectivity index (χ2v) is 3.25. The van der Waals surface area contributed by atoms with E-state index in [1.807, 2.05) is 0 Å². The molecule has 16 heavy (non-hydrogen) atoms. The summed E-state index contributed by atoms with van der Waals surface area (Å²) in [6.45, 7) is 0. The first-order chi connectivity index (χ1) is 7.68. The normalized spacial score (nSPS) is 10.3. The van der Waals surface area contributed by atoms with Crippen LogP contribution in [-0.2, 0) is 6.42 Å². The van der Waals surface area contributed by atoms with Crippen LogP contribution in [0, 0.1) is 5.82 Å². The Labute approximate surface area is 90.3 Å². The number of carboxylic acids is 1. The standard InChI is InChI=1S/C11H8FNO3/c12-9-4-2-1-3-7(9)5-10-8(11(14)15)6-16-13-10/h1-4,6H,5H2,(H,14,15). The van der Waals surface area contributed by atoms with Gasteiger partial charge in [-0.1, -0.05) is 23.4 Å². The second kappa shape index (κ2) is 4.14. The van der Waals surface area contributed by atoms with Gasteiger partial charge in [-0.25, -0.2) is 9.18 Å². The molecule has 1 aromatic heterocycles. The Morgan fingerprint density at radius 3 is 2.88 bits per heavy atom. The minimum Gasteiger partial charge on any atom is -0.478 e. The Kier molecular flexibility index (Phi) is 2.68. The molecule has 0 aliphatic carbocycles. The average Bonchev–Trinajstić information content (AvgIpc) is 2.69. The van der Waals surface area contributed by atoms with Crippen LogP contribution in [0.4, 0.5) is 4.39 Å². The highest BCUT2D eigenvalue weighted by atomic mass is 19.1. The van der Waals surface area contributed by atoms with E-state index >= 15 is 0 Å². The maximum Gasteiger partial charge on any atom is 0.340 e. The number of carbonyl (C=O) groups is 1. The zero-order valence-electron chi connectivity index (χ0n) is 8.18. The summed E-state index contributed by atoms with van der Waals surface area (Å²) in [5, 5.41) is 12.4. The van der Waals surface area contributed by atoms with E-state index in [0.29, 0.717) is 5.56 Å². The van der Waals surface area contributed by atoms with Crippen molar-refractivity contribution in [3.63, 3.8) is 0 Å². The first-order valence-electron chi connectivity index (χ1n) is 4.58. The van der Waals surface area contributed by atoms with Crippen LogP contribution in [0.2, 0.25) is 0 Å². The maximum atomic E-state index is 13.3. The lowest BCUT2D eigenvalue weighted by atomic mass is 10.1. The van der Waals surface area contributed by atoms with Gasteiger partial charge in [-0.3, -0.25) is 0 Å². The summed E-state index contributed by atoms with van der Waals surface area (Å²) >= 11 is 0. The molecular formula is C11H8FNO3. The summed E-state index contributed by atoms with van der Waals surface area (Å²) < 4.78 is 17.9. The van der Waals surface area contributed by atoms with Gasteiger partial charge in [-0.15, -0.1) is 0 Å². The smallest absolute Gasteiger partial charge is 0.340 e. The van der Waals surface area contributed by atoms with Gasteiger partial charge in [-0.2, -0.15) is 0 Å². The fourth-order valence-corrected chi connectivity index (χ4v) is 1.38. The number of carboxylic acid groups (broad SMARTS) is 1. The Balaban J connectivity index is 2.31. The average molecular weight is 221 g/mol. The first-order valence-corrected chi connectivity index (χ1v) is 4.58. The van der Waals surface area contributed by atoms with E-state index in [4.69, 9.17) is 5.11 Å². The fraction of sp³-hybridized carbons (Fsp3) is 0.0909. The first kappa shape index (κ1) is 10.4. The van der Waals surface area contributed by atoms with Crippen molar-refractivity contribution in [1.82, 2.24) is 5.16 Å². The van der Waals surface area contributed by atoms with Gasteiger partial charge in [0.1, 0.15) is 23.3 Å². The van der Waals surface area contributed by atoms with Crippen molar-refractivity contribution in [2.24, 2.45) is 0 Å². The van der Waals surface area contributed by atoms with Gasteiger partial charge in [0, 0.05) is 6.42 Å². The minimum absolute atomic E-state index is 0.0387. The summed E-state index contributed by atoms with van der Waals surface area (Å²) in [5.41, 5.74) is 0.569. The van der Waals surface area contributed by atoms with Gasteiger partial charge in [0.25, 0.3) is 0 Å². The highest BCUT2D eigenvalue weighted by Crippen LogP contribution is 2.15. The van der Waals surface area contributed by atoms with Gasteiger partial charge < -0.3 is 9.63 Å². The summed E-state index contributed by atoms with van der Waals surface area (Å²) in [5.74, 6) is -1.52. The molecule has 0 aliphatic rings. The molecule has 0 spiro atoms. The maximum absolute atomic E-state index is 13.3. The molecule has 1 heterocycles. The number of nitrogens with zero attached hydrogens (tertiary/aromatic N) is 1. The molecule has 0 radical (unpaired) electrons. The molecule has 0 unspecified atom stereocenters. The highest BCUT2D eigenvalue weighted by Gasteiger charge is 2.16. The minimum atomic E-state index is -1.13. The fourth-order valence-electron chi connectivity index (χ4n) is 1.38. The second-order valence-electron chi connectivity index (χ2n) is 3.25. The van der Waals surface area contributed by atoms with E-state index in [0.717, 1.165) is 6.26 Å². The van der Waals surface area contributed by atoms with Crippen LogP contribution in [0.3, 0.4) is 0 Å². The summed E-state index contributed by atoms with van der Waals surface area (Å²) in [7, 11) is 0. The van der Waals surface area contributed by atoms with Crippen LogP contribution in [0.25, 0.3) is 0 Å². The molecule has 0 atom stereocenters. The summed E-state index contributed by atoms with van der Waals surface area (Å²) in [6, 6.07) is 6.14. The third-order valence-corrected chi connectivity index (χ3v) is 2.19. The number of halogens is 1. The molecule has 4 nitrogen and oxygen atoms in total. The van der Waals surface area contributed by atoms with E-state index in [1.165, 1.54) is 6.07 Å². The largest absolute Gasteiger partial charge is 0.478 e. The predicted molar refractivity (Wildman–Crippen MR) is 52.7 cm³/mol. The Bertz CT molecular complexity index is 521. The molecule has 0 amide bonds. The predicted octanol–water partition coefficient (Wildman–Crippen LogP) is 2.10. The van der Waals surface area contributed by atoms with Crippen molar-refractivity contribution < 1.29 is 18.8 Å². The summed E-state index contributed by atoms with van der Waals surface area (Å²) in [4.78, 5) is 10.8. The Hall–Kier alpha value is -2.17. The molecule has 0 bridgehead atoms. The zero-order valence-corrected chi connectivity index (χ0v) is 8.18. The van der Waals surface area contributed by atoms with Gasteiger partial charge in [-0.05, 0) is 11.6 Å². The monoisotopic (exact) mass is 221 g/mol. The molecule has 5 heteroatoms.